The van der Waals surface area contributed by atoms with Crippen LogP contribution in [0.3, 0.4) is 0 Å². The van der Waals surface area contributed by atoms with Gasteiger partial charge in [-0.25, -0.2) is 0 Å². The van der Waals surface area contributed by atoms with E-state index < -0.39 is 0 Å². The number of methoxy groups -OCH3 is 1. The highest BCUT2D eigenvalue weighted by Gasteiger charge is 2.19. The fourth-order valence-corrected chi connectivity index (χ4v) is 2.66. The standard InChI is InChI=1S/C15H28N4O2/c1-3-4-7-14-17-15(21-18-14)12-19(9-10-20-2)11-13-6-5-8-16-13/h13,16H,3-12H2,1-2H3. The minimum Gasteiger partial charge on any atom is -0.383 e. The van der Waals surface area contributed by atoms with Crippen LogP contribution >= 0.6 is 0 Å². The van der Waals surface area contributed by atoms with Crippen molar-refractivity contribution in [3.05, 3.63) is 11.7 Å². The molecule has 0 saturated carbocycles. The number of unbranched alkanes of at least 4 members (excludes halogenated alkanes) is 1. The lowest BCUT2D eigenvalue weighted by Crippen LogP contribution is -2.38. The molecule has 0 aromatic carbocycles. The Morgan fingerprint density at radius 3 is 3.10 bits per heavy atom. The summed E-state index contributed by atoms with van der Waals surface area (Å²) in [5.41, 5.74) is 0. The molecule has 6 heteroatoms. The van der Waals surface area contributed by atoms with Crippen molar-refractivity contribution in [3.63, 3.8) is 0 Å². The highest BCUT2D eigenvalue weighted by Crippen LogP contribution is 2.10. The third-order valence-electron chi connectivity index (χ3n) is 3.88. The Hall–Kier alpha value is -0.980. The van der Waals surface area contributed by atoms with Crippen LogP contribution in [0.5, 0.6) is 0 Å². The Balaban J connectivity index is 1.85. The van der Waals surface area contributed by atoms with Crippen molar-refractivity contribution in [1.29, 1.82) is 0 Å². The molecular weight excluding hydrogens is 268 g/mol. The first-order chi connectivity index (χ1) is 10.3. The third-order valence-corrected chi connectivity index (χ3v) is 3.88. The maximum absolute atomic E-state index is 5.37. The van der Waals surface area contributed by atoms with Crippen LogP contribution in [0, 0.1) is 0 Å². The molecule has 1 saturated heterocycles. The fraction of sp³-hybridized carbons (Fsp3) is 0.867. The molecule has 1 N–H and O–H groups in total. The number of aryl methyl sites for hydroxylation is 1. The normalized spacial score (nSPS) is 18.7. The molecule has 2 rings (SSSR count). The van der Waals surface area contributed by atoms with E-state index in [2.05, 4.69) is 27.3 Å². The molecule has 1 unspecified atom stereocenters. The smallest absolute Gasteiger partial charge is 0.240 e. The summed E-state index contributed by atoms with van der Waals surface area (Å²) < 4.78 is 10.6. The van der Waals surface area contributed by atoms with Gasteiger partial charge in [0.1, 0.15) is 0 Å². The van der Waals surface area contributed by atoms with Crippen LogP contribution in [0.25, 0.3) is 0 Å². The van der Waals surface area contributed by atoms with Gasteiger partial charge in [-0.3, -0.25) is 4.90 Å². The van der Waals surface area contributed by atoms with E-state index in [-0.39, 0.29) is 0 Å². The van der Waals surface area contributed by atoms with E-state index in [4.69, 9.17) is 9.26 Å². The monoisotopic (exact) mass is 296 g/mol. The molecule has 1 fully saturated rings. The fourth-order valence-electron chi connectivity index (χ4n) is 2.66. The van der Waals surface area contributed by atoms with E-state index in [0.717, 1.165) is 57.2 Å². The topological polar surface area (TPSA) is 63.4 Å². The molecule has 1 aliphatic rings. The van der Waals surface area contributed by atoms with Crippen LogP contribution in [-0.2, 0) is 17.7 Å². The highest BCUT2D eigenvalue weighted by molar-refractivity contribution is 4.88. The van der Waals surface area contributed by atoms with Gasteiger partial charge in [0, 0.05) is 32.7 Å². The maximum Gasteiger partial charge on any atom is 0.240 e. The largest absolute Gasteiger partial charge is 0.383 e. The van der Waals surface area contributed by atoms with Crippen molar-refractivity contribution in [2.24, 2.45) is 0 Å². The molecular formula is C15H28N4O2. The molecule has 2 heterocycles. The molecule has 0 bridgehead atoms. The van der Waals surface area contributed by atoms with Crippen molar-refractivity contribution in [2.45, 2.75) is 51.6 Å². The van der Waals surface area contributed by atoms with Crippen LogP contribution in [0.1, 0.15) is 44.3 Å². The second-order valence-electron chi connectivity index (χ2n) is 5.73. The predicted octanol–water partition coefficient (Wildman–Crippen LogP) is 1.61. The number of nitrogens with zero attached hydrogens (tertiary/aromatic N) is 3. The third kappa shape index (κ3) is 5.73. The van der Waals surface area contributed by atoms with Crippen molar-refractivity contribution in [3.8, 4) is 0 Å². The van der Waals surface area contributed by atoms with Crippen LogP contribution in [0.2, 0.25) is 0 Å². The zero-order chi connectivity index (χ0) is 14.9. The Morgan fingerprint density at radius 1 is 1.48 bits per heavy atom. The first-order valence-corrected chi connectivity index (χ1v) is 8.08. The Bertz CT molecular complexity index is 391. The molecule has 21 heavy (non-hydrogen) atoms. The summed E-state index contributed by atoms with van der Waals surface area (Å²) in [4.78, 5) is 6.83. The summed E-state index contributed by atoms with van der Waals surface area (Å²) in [7, 11) is 1.74. The summed E-state index contributed by atoms with van der Waals surface area (Å²) in [6.07, 6.45) is 5.68. The van der Waals surface area contributed by atoms with Gasteiger partial charge < -0.3 is 14.6 Å². The van der Waals surface area contributed by atoms with Gasteiger partial charge in [0.25, 0.3) is 0 Å². The zero-order valence-electron chi connectivity index (χ0n) is 13.3. The Kier molecular flexibility index (Phi) is 7.12. The average molecular weight is 296 g/mol. The Labute approximate surface area is 127 Å². The minimum absolute atomic E-state index is 0.573. The molecule has 1 aromatic rings. The lowest BCUT2D eigenvalue weighted by Gasteiger charge is -2.23. The SMILES string of the molecule is CCCCc1noc(CN(CCOC)CC2CCCN2)n1. The van der Waals surface area contributed by atoms with Gasteiger partial charge in [0.15, 0.2) is 5.82 Å². The molecule has 1 aromatic heterocycles. The molecule has 1 atom stereocenters. The summed E-state index contributed by atoms with van der Waals surface area (Å²) >= 11 is 0. The summed E-state index contributed by atoms with van der Waals surface area (Å²) in [5, 5.41) is 7.59. The number of rotatable bonds is 10. The van der Waals surface area contributed by atoms with E-state index in [9.17, 15) is 0 Å². The van der Waals surface area contributed by atoms with Gasteiger partial charge in [-0.15, -0.1) is 0 Å². The number of nitrogens with one attached hydrogen (secondary N) is 1. The van der Waals surface area contributed by atoms with Crippen LogP contribution in [-0.4, -0.2) is 54.4 Å². The maximum atomic E-state index is 5.37. The van der Waals surface area contributed by atoms with E-state index >= 15 is 0 Å². The van der Waals surface area contributed by atoms with Crippen LogP contribution < -0.4 is 5.32 Å². The molecule has 0 amide bonds. The minimum atomic E-state index is 0.573. The molecule has 0 spiro atoms. The van der Waals surface area contributed by atoms with E-state index in [1.165, 1.54) is 12.8 Å². The molecule has 0 radical (unpaired) electrons. The number of hydrogen-bond acceptors (Lipinski definition) is 6. The predicted molar refractivity (Wildman–Crippen MR) is 81.1 cm³/mol. The van der Waals surface area contributed by atoms with E-state index in [1.807, 2.05) is 0 Å². The van der Waals surface area contributed by atoms with Crippen molar-refractivity contribution in [2.75, 3.05) is 33.4 Å². The molecule has 6 nitrogen and oxygen atoms in total. The van der Waals surface area contributed by atoms with Gasteiger partial charge >= 0.3 is 0 Å². The quantitative estimate of drug-likeness (QED) is 0.708. The van der Waals surface area contributed by atoms with Gasteiger partial charge in [-0.05, 0) is 25.8 Å². The Morgan fingerprint density at radius 2 is 2.38 bits per heavy atom. The molecule has 0 aliphatic carbocycles. The summed E-state index contributed by atoms with van der Waals surface area (Å²) in [6.45, 7) is 6.63. The van der Waals surface area contributed by atoms with E-state index in [1.54, 1.807) is 7.11 Å². The summed E-state index contributed by atoms with van der Waals surface area (Å²) in [5.74, 6) is 1.55. The first kappa shape index (κ1) is 16.4. The van der Waals surface area contributed by atoms with Crippen molar-refractivity contribution >= 4 is 0 Å². The number of hydrogen-bond donors (Lipinski definition) is 1. The molecule has 1 aliphatic heterocycles. The highest BCUT2D eigenvalue weighted by atomic mass is 16.5. The van der Waals surface area contributed by atoms with Gasteiger partial charge in [-0.1, -0.05) is 18.5 Å². The summed E-state index contributed by atoms with van der Waals surface area (Å²) in [6, 6.07) is 0.573. The molecule has 120 valence electrons. The average Bonchev–Trinajstić information content (AvgIpc) is 3.14. The van der Waals surface area contributed by atoms with Gasteiger partial charge in [0.2, 0.25) is 5.89 Å². The van der Waals surface area contributed by atoms with Crippen LogP contribution in [0.15, 0.2) is 4.52 Å². The lowest BCUT2D eigenvalue weighted by molar-refractivity contribution is 0.129. The zero-order valence-corrected chi connectivity index (χ0v) is 13.3. The second kappa shape index (κ2) is 9.12. The number of aromatic nitrogens is 2. The van der Waals surface area contributed by atoms with Crippen LogP contribution in [0.4, 0.5) is 0 Å². The van der Waals surface area contributed by atoms with Gasteiger partial charge in [0.05, 0.1) is 13.2 Å². The van der Waals surface area contributed by atoms with E-state index in [0.29, 0.717) is 12.6 Å². The van der Waals surface area contributed by atoms with Gasteiger partial charge in [-0.2, -0.15) is 4.98 Å². The lowest BCUT2D eigenvalue weighted by atomic mass is 10.2. The second-order valence-corrected chi connectivity index (χ2v) is 5.73. The number of ether oxygens (including phenoxy) is 1. The first-order valence-electron chi connectivity index (χ1n) is 8.08. The van der Waals surface area contributed by atoms with Crippen molar-refractivity contribution < 1.29 is 9.26 Å². The van der Waals surface area contributed by atoms with Crippen molar-refractivity contribution in [1.82, 2.24) is 20.4 Å².